The number of amides is 1. The van der Waals surface area contributed by atoms with Crippen molar-refractivity contribution < 1.29 is 9.90 Å². The van der Waals surface area contributed by atoms with Crippen LogP contribution in [0.15, 0.2) is 24.3 Å². The van der Waals surface area contributed by atoms with Gasteiger partial charge in [-0.25, -0.2) is 0 Å². The van der Waals surface area contributed by atoms with Crippen molar-refractivity contribution >= 4 is 17.7 Å². The molecule has 20 heavy (non-hydrogen) atoms. The molecule has 1 saturated heterocycles. The Morgan fingerprint density at radius 2 is 2.20 bits per heavy atom. The van der Waals surface area contributed by atoms with Crippen LogP contribution in [0, 0.1) is 11.8 Å². The Balaban J connectivity index is 1.92. The third kappa shape index (κ3) is 4.59. The van der Waals surface area contributed by atoms with E-state index in [9.17, 15) is 4.79 Å². The quantitative estimate of drug-likeness (QED) is 0.837. The average molecular weight is 289 g/mol. The van der Waals surface area contributed by atoms with Crippen LogP contribution in [0.25, 0.3) is 0 Å². The minimum absolute atomic E-state index is 0.00707. The van der Waals surface area contributed by atoms with E-state index in [-0.39, 0.29) is 12.5 Å². The Labute approximate surface area is 124 Å². The molecule has 4 heteroatoms. The summed E-state index contributed by atoms with van der Waals surface area (Å²) in [7, 11) is 0. The highest BCUT2D eigenvalue weighted by molar-refractivity contribution is 7.99. The summed E-state index contributed by atoms with van der Waals surface area (Å²) in [5.74, 6) is 8.02. The van der Waals surface area contributed by atoms with Crippen LogP contribution in [0.1, 0.15) is 35.2 Å². The van der Waals surface area contributed by atoms with Gasteiger partial charge in [0.2, 0.25) is 0 Å². The zero-order valence-electron chi connectivity index (χ0n) is 11.4. The minimum atomic E-state index is -0.00707. The third-order valence-corrected chi connectivity index (χ3v) is 4.33. The highest BCUT2D eigenvalue weighted by atomic mass is 32.2. The molecule has 1 unspecified atom stereocenters. The molecule has 1 aliphatic rings. The maximum Gasteiger partial charge on any atom is 0.251 e. The molecule has 0 aliphatic carbocycles. The van der Waals surface area contributed by atoms with Crippen LogP contribution < -0.4 is 5.32 Å². The molecule has 2 N–H and O–H groups in total. The lowest BCUT2D eigenvalue weighted by Gasteiger charge is -2.22. The Hall–Kier alpha value is -1.44. The van der Waals surface area contributed by atoms with Crippen LogP contribution in [-0.2, 0) is 0 Å². The summed E-state index contributed by atoms with van der Waals surface area (Å²) in [6.45, 7) is 0.0763. The van der Waals surface area contributed by atoms with Gasteiger partial charge < -0.3 is 10.4 Å². The zero-order valence-corrected chi connectivity index (χ0v) is 12.2. The van der Waals surface area contributed by atoms with E-state index in [4.69, 9.17) is 5.11 Å². The molecule has 1 amide bonds. The first-order valence-corrected chi connectivity index (χ1v) is 8.03. The number of aliphatic hydroxyl groups is 1. The van der Waals surface area contributed by atoms with Gasteiger partial charge >= 0.3 is 0 Å². The number of aliphatic hydroxyl groups excluding tert-OH is 1. The number of carbonyl (C=O) groups excluding carboxylic acids is 1. The molecule has 0 radical (unpaired) electrons. The molecule has 3 nitrogen and oxygen atoms in total. The summed E-state index contributed by atoms with van der Waals surface area (Å²) in [4.78, 5) is 12.1. The molecule has 0 spiro atoms. The van der Waals surface area contributed by atoms with E-state index in [0.717, 1.165) is 17.7 Å². The Morgan fingerprint density at radius 3 is 2.85 bits per heavy atom. The van der Waals surface area contributed by atoms with Gasteiger partial charge in [-0.05, 0) is 42.9 Å². The molecule has 106 valence electrons. The first-order chi connectivity index (χ1) is 9.79. The number of rotatable bonds is 3. The molecule has 1 fully saturated rings. The highest BCUT2D eigenvalue weighted by Gasteiger charge is 2.16. The summed E-state index contributed by atoms with van der Waals surface area (Å²) < 4.78 is 0. The summed E-state index contributed by atoms with van der Waals surface area (Å²) in [5, 5.41) is 11.7. The molecule has 1 aliphatic heterocycles. The molecule has 1 heterocycles. The third-order valence-electron chi connectivity index (χ3n) is 3.11. The first kappa shape index (κ1) is 15.0. The number of carbonyl (C=O) groups is 1. The number of hydrogen-bond donors (Lipinski definition) is 2. The zero-order chi connectivity index (χ0) is 14.2. The van der Waals surface area contributed by atoms with Crippen LogP contribution in [0.2, 0.25) is 0 Å². The Kier molecular flexibility index (Phi) is 5.97. The second-order valence-electron chi connectivity index (χ2n) is 4.74. The topological polar surface area (TPSA) is 49.3 Å². The fourth-order valence-corrected chi connectivity index (χ4v) is 3.12. The van der Waals surface area contributed by atoms with Crippen molar-refractivity contribution in [1.29, 1.82) is 0 Å². The summed E-state index contributed by atoms with van der Waals surface area (Å²) in [5.41, 5.74) is 1.54. The average Bonchev–Trinajstić information content (AvgIpc) is 2.49. The van der Waals surface area contributed by atoms with Crippen molar-refractivity contribution in [3.05, 3.63) is 35.4 Å². The molecule has 0 bridgehead atoms. The van der Waals surface area contributed by atoms with Crippen molar-refractivity contribution in [2.75, 3.05) is 18.1 Å². The second kappa shape index (κ2) is 7.98. The minimum Gasteiger partial charge on any atom is -0.395 e. The first-order valence-electron chi connectivity index (χ1n) is 6.88. The maximum atomic E-state index is 12.1. The van der Waals surface area contributed by atoms with E-state index >= 15 is 0 Å². The lowest BCUT2D eigenvalue weighted by Crippen LogP contribution is -2.38. The molecular formula is C16H19NO2S. The fraction of sp³-hybridized carbons (Fsp3) is 0.438. The van der Waals surface area contributed by atoms with Gasteiger partial charge in [-0.15, -0.1) is 0 Å². The monoisotopic (exact) mass is 289 g/mol. The van der Waals surface area contributed by atoms with Gasteiger partial charge in [-0.3, -0.25) is 4.79 Å². The van der Waals surface area contributed by atoms with E-state index in [2.05, 4.69) is 17.2 Å². The number of nitrogens with one attached hydrogen (secondary N) is 1. The van der Waals surface area contributed by atoms with E-state index in [1.165, 1.54) is 12.2 Å². The lowest BCUT2D eigenvalue weighted by molar-refractivity contribution is 0.0938. The largest absolute Gasteiger partial charge is 0.395 e. The molecule has 2 rings (SSSR count). The van der Waals surface area contributed by atoms with Crippen LogP contribution >= 0.6 is 11.8 Å². The van der Waals surface area contributed by atoms with Crippen LogP contribution in [-0.4, -0.2) is 35.2 Å². The van der Waals surface area contributed by atoms with Crippen LogP contribution in [0.3, 0.4) is 0 Å². The van der Waals surface area contributed by atoms with Gasteiger partial charge in [0, 0.05) is 29.3 Å². The van der Waals surface area contributed by atoms with Gasteiger partial charge in [-0.2, -0.15) is 11.8 Å². The van der Waals surface area contributed by atoms with Gasteiger partial charge in [0.05, 0.1) is 6.61 Å². The molecule has 0 saturated carbocycles. The van der Waals surface area contributed by atoms with Crippen LogP contribution in [0.5, 0.6) is 0 Å². The Bertz CT molecular complexity index is 495. The molecule has 0 aromatic heterocycles. The summed E-state index contributed by atoms with van der Waals surface area (Å²) >= 11 is 1.90. The number of benzene rings is 1. The molecule has 1 aromatic carbocycles. The summed E-state index contributed by atoms with van der Waals surface area (Å²) in [6, 6.07) is 7.58. The normalized spacial score (nSPS) is 17.9. The Morgan fingerprint density at radius 1 is 1.40 bits per heavy atom. The molecular weight excluding hydrogens is 270 g/mol. The maximum absolute atomic E-state index is 12.1. The van der Waals surface area contributed by atoms with Crippen molar-refractivity contribution in [2.24, 2.45) is 0 Å². The van der Waals surface area contributed by atoms with Gasteiger partial charge in [0.1, 0.15) is 0 Å². The van der Waals surface area contributed by atoms with Crippen molar-refractivity contribution in [3.63, 3.8) is 0 Å². The summed E-state index contributed by atoms with van der Waals surface area (Å²) in [6.07, 6.45) is 2.72. The van der Waals surface area contributed by atoms with Crippen molar-refractivity contribution in [3.8, 4) is 11.8 Å². The fourth-order valence-electron chi connectivity index (χ4n) is 2.05. The van der Waals surface area contributed by atoms with E-state index in [1.807, 2.05) is 23.9 Å². The standard InChI is InChI=1S/C16H19NO2S/c18-10-2-1-4-13-6-8-14(9-7-13)16(19)17-15-5-3-11-20-12-15/h6-9,15,18H,2-3,5,10-12H2,(H,17,19). The SMILES string of the molecule is O=C(NC1CCCSC1)c1ccc(C#CCCO)cc1. The van der Waals surface area contributed by atoms with E-state index in [0.29, 0.717) is 18.0 Å². The van der Waals surface area contributed by atoms with Crippen molar-refractivity contribution in [1.82, 2.24) is 5.32 Å². The second-order valence-corrected chi connectivity index (χ2v) is 5.89. The predicted octanol–water partition coefficient (Wildman–Crippen LogP) is 2.05. The number of thioether (sulfide) groups is 1. The lowest BCUT2D eigenvalue weighted by atomic mass is 10.1. The van der Waals surface area contributed by atoms with Crippen molar-refractivity contribution in [2.45, 2.75) is 25.3 Å². The van der Waals surface area contributed by atoms with E-state index in [1.54, 1.807) is 12.1 Å². The molecule has 1 atom stereocenters. The molecule has 1 aromatic rings. The van der Waals surface area contributed by atoms with Gasteiger partial charge in [0.25, 0.3) is 5.91 Å². The van der Waals surface area contributed by atoms with Gasteiger partial charge in [-0.1, -0.05) is 11.8 Å². The van der Waals surface area contributed by atoms with Crippen LogP contribution in [0.4, 0.5) is 0 Å². The highest BCUT2D eigenvalue weighted by Crippen LogP contribution is 2.17. The van der Waals surface area contributed by atoms with E-state index < -0.39 is 0 Å². The predicted molar refractivity (Wildman–Crippen MR) is 82.8 cm³/mol. The number of hydrogen-bond acceptors (Lipinski definition) is 3. The smallest absolute Gasteiger partial charge is 0.251 e. The van der Waals surface area contributed by atoms with Gasteiger partial charge in [0.15, 0.2) is 0 Å².